The molecule has 1 amide bonds. The van der Waals surface area contributed by atoms with Crippen LogP contribution in [-0.2, 0) is 22.5 Å². The van der Waals surface area contributed by atoms with Crippen LogP contribution in [0.4, 0.5) is 0 Å². The van der Waals surface area contributed by atoms with E-state index in [1.807, 2.05) is 24.3 Å². The number of aromatic nitrogens is 4. The lowest BCUT2D eigenvalue weighted by Gasteiger charge is -2.02. The number of para-hydroxylation sites is 1. The van der Waals surface area contributed by atoms with Gasteiger partial charge in [0, 0.05) is 12.0 Å². The highest BCUT2D eigenvalue weighted by atomic mass is 16.5. The molecule has 8 heteroatoms. The fourth-order valence-electron chi connectivity index (χ4n) is 2.79. The first kappa shape index (κ1) is 14.8. The Morgan fingerprint density at radius 1 is 1.38 bits per heavy atom. The molecule has 1 fully saturated rings. The summed E-state index contributed by atoms with van der Waals surface area (Å²) in [6, 6.07) is 7.67. The van der Waals surface area contributed by atoms with Crippen molar-refractivity contribution >= 4 is 16.8 Å². The summed E-state index contributed by atoms with van der Waals surface area (Å²) >= 11 is 0. The van der Waals surface area contributed by atoms with Gasteiger partial charge in [-0.2, -0.15) is 10.1 Å². The van der Waals surface area contributed by atoms with E-state index in [4.69, 9.17) is 9.26 Å². The smallest absolute Gasteiger partial charge is 0.255 e. The Balaban J connectivity index is 1.35. The molecule has 4 rings (SSSR count). The Labute approximate surface area is 137 Å². The van der Waals surface area contributed by atoms with Gasteiger partial charge in [0.15, 0.2) is 5.82 Å². The summed E-state index contributed by atoms with van der Waals surface area (Å²) in [6.45, 7) is 0.943. The number of ether oxygens (including phenoxy) is 1. The molecule has 0 unspecified atom stereocenters. The number of aromatic amines is 1. The lowest BCUT2D eigenvalue weighted by molar-refractivity contribution is -0.120. The fraction of sp³-hybridized carbons (Fsp3) is 0.375. The van der Waals surface area contributed by atoms with E-state index in [9.17, 15) is 4.79 Å². The third kappa shape index (κ3) is 3.00. The van der Waals surface area contributed by atoms with Crippen LogP contribution in [0.15, 0.2) is 28.8 Å². The molecule has 8 nitrogen and oxygen atoms in total. The number of H-pyrrole nitrogens is 1. The zero-order valence-electron chi connectivity index (χ0n) is 13.0. The van der Waals surface area contributed by atoms with Crippen molar-refractivity contribution in [1.82, 2.24) is 25.7 Å². The van der Waals surface area contributed by atoms with Gasteiger partial charge in [-0.3, -0.25) is 9.89 Å². The van der Waals surface area contributed by atoms with E-state index in [2.05, 4.69) is 25.7 Å². The fourth-order valence-corrected chi connectivity index (χ4v) is 2.79. The molecule has 0 saturated carbocycles. The molecule has 1 aliphatic rings. The lowest BCUT2D eigenvalue weighted by Crippen LogP contribution is -2.25. The summed E-state index contributed by atoms with van der Waals surface area (Å²) in [5.41, 5.74) is 1.64. The van der Waals surface area contributed by atoms with Crippen LogP contribution in [0, 0.1) is 0 Å². The minimum Gasteiger partial charge on any atom is -0.368 e. The molecule has 124 valence electrons. The van der Waals surface area contributed by atoms with Crippen LogP contribution < -0.4 is 5.32 Å². The van der Waals surface area contributed by atoms with Crippen molar-refractivity contribution in [1.29, 1.82) is 0 Å². The van der Waals surface area contributed by atoms with Gasteiger partial charge in [0.1, 0.15) is 6.10 Å². The zero-order valence-corrected chi connectivity index (χ0v) is 13.0. The molecule has 2 aromatic heterocycles. The Hall–Kier alpha value is -2.74. The van der Waals surface area contributed by atoms with Crippen LogP contribution >= 0.6 is 0 Å². The molecular weight excluding hydrogens is 310 g/mol. The average Bonchev–Trinajstić information content (AvgIpc) is 3.34. The molecule has 2 N–H and O–H groups in total. The number of nitrogens with one attached hydrogen (secondary N) is 2. The maximum atomic E-state index is 12.1. The summed E-state index contributed by atoms with van der Waals surface area (Å²) in [6.07, 6.45) is 1.99. The number of rotatable bonds is 5. The largest absolute Gasteiger partial charge is 0.368 e. The predicted octanol–water partition coefficient (Wildman–Crippen LogP) is 1.66. The number of carbonyl (C=O) groups excluding carboxylic acids is 1. The molecule has 3 heterocycles. The second-order valence-corrected chi connectivity index (χ2v) is 5.72. The summed E-state index contributed by atoms with van der Waals surface area (Å²) in [4.78, 5) is 16.4. The number of nitrogens with zero attached hydrogens (tertiary/aromatic N) is 3. The summed E-state index contributed by atoms with van der Waals surface area (Å²) in [7, 11) is 0. The normalized spacial score (nSPS) is 17.4. The predicted molar refractivity (Wildman–Crippen MR) is 83.9 cm³/mol. The van der Waals surface area contributed by atoms with E-state index >= 15 is 0 Å². The minimum atomic E-state index is -0.132. The highest BCUT2D eigenvalue weighted by Crippen LogP contribution is 2.26. The SMILES string of the molecule is O=C(Cc1[nH]nc2ccccc12)NCc1noc([C@H]2CCCO2)n1. The van der Waals surface area contributed by atoms with Gasteiger partial charge >= 0.3 is 0 Å². The van der Waals surface area contributed by atoms with Gasteiger partial charge in [-0.15, -0.1) is 0 Å². The molecule has 0 spiro atoms. The lowest BCUT2D eigenvalue weighted by atomic mass is 10.1. The Morgan fingerprint density at radius 3 is 3.17 bits per heavy atom. The number of fused-ring (bicyclic) bond motifs is 1. The summed E-state index contributed by atoms with van der Waals surface area (Å²) in [5.74, 6) is 0.799. The van der Waals surface area contributed by atoms with Gasteiger partial charge in [-0.25, -0.2) is 0 Å². The molecule has 0 bridgehead atoms. The summed E-state index contributed by atoms with van der Waals surface area (Å²) in [5, 5.41) is 14.7. The van der Waals surface area contributed by atoms with Gasteiger partial charge in [-0.05, 0) is 18.9 Å². The van der Waals surface area contributed by atoms with E-state index in [0.29, 0.717) is 11.7 Å². The molecule has 24 heavy (non-hydrogen) atoms. The zero-order chi connectivity index (χ0) is 16.4. The maximum Gasteiger partial charge on any atom is 0.255 e. The molecule has 1 aromatic carbocycles. The third-order valence-corrected chi connectivity index (χ3v) is 4.01. The quantitative estimate of drug-likeness (QED) is 0.738. The first-order chi connectivity index (χ1) is 11.8. The van der Waals surface area contributed by atoms with Crippen molar-refractivity contribution in [3.05, 3.63) is 41.7 Å². The van der Waals surface area contributed by atoms with Gasteiger partial charge in [0.2, 0.25) is 5.91 Å². The molecule has 1 aliphatic heterocycles. The minimum absolute atomic E-state index is 0.113. The van der Waals surface area contributed by atoms with Crippen LogP contribution in [0.5, 0.6) is 0 Å². The van der Waals surface area contributed by atoms with E-state index < -0.39 is 0 Å². The molecule has 1 atom stereocenters. The third-order valence-electron chi connectivity index (χ3n) is 4.01. The number of hydrogen-bond acceptors (Lipinski definition) is 6. The van der Waals surface area contributed by atoms with Crippen molar-refractivity contribution in [2.75, 3.05) is 6.61 Å². The first-order valence-corrected chi connectivity index (χ1v) is 7.92. The van der Waals surface area contributed by atoms with E-state index in [0.717, 1.165) is 36.0 Å². The molecular formula is C16H17N5O3. The number of benzene rings is 1. The van der Waals surface area contributed by atoms with Gasteiger partial charge in [0.25, 0.3) is 5.89 Å². The van der Waals surface area contributed by atoms with Gasteiger partial charge < -0.3 is 14.6 Å². The van der Waals surface area contributed by atoms with Crippen molar-refractivity contribution < 1.29 is 14.1 Å². The van der Waals surface area contributed by atoms with Gasteiger partial charge in [0.05, 0.1) is 24.2 Å². The second kappa shape index (κ2) is 6.40. The standard InChI is InChI=1S/C16H17N5O3/c22-15(8-12-10-4-1-2-5-11(10)19-20-12)17-9-14-18-16(24-21-14)13-6-3-7-23-13/h1-2,4-5,13H,3,6-9H2,(H,17,22)(H,19,20)/t13-/m1/s1. The topological polar surface area (TPSA) is 106 Å². The highest BCUT2D eigenvalue weighted by molar-refractivity contribution is 5.87. The number of carbonyl (C=O) groups is 1. The molecule has 3 aromatic rings. The monoisotopic (exact) mass is 327 g/mol. The average molecular weight is 327 g/mol. The van der Waals surface area contributed by atoms with Crippen LogP contribution in [-0.4, -0.2) is 32.9 Å². The molecule has 0 aliphatic carbocycles. The van der Waals surface area contributed by atoms with Crippen LogP contribution in [0.3, 0.4) is 0 Å². The van der Waals surface area contributed by atoms with E-state index in [1.165, 1.54) is 0 Å². The number of amides is 1. The highest BCUT2D eigenvalue weighted by Gasteiger charge is 2.23. The van der Waals surface area contributed by atoms with E-state index in [-0.39, 0.29) is 25.0 Å². The maximum absolute atomic E-state index is 12.1. The van der Waals surface area contributed by atoms with Crippen molar-refractivity contribution in [3.8, 4) is 0 Å². The van der Waals surface area contributed by atoms with Crippen molar-refractivity contribution in [2.24, 2.45) is 0 Å². The molecule has 0 radical (unpaired) electrons. The van der Waals surface area contributed by atoms with E-state index in [1.54, 1.807) is 0 Å². The van der Waals surface area contributed by atoms with Crippen molar-refractivity contribution in [2.45, 2.75) is 31.9 Å². The Kier molecular flexibility index (Phi) is 3.96. The van der Waals surface area contributed by atoms with Crippen LogP contribution in [0.2, 0.25) is 0 Å². The van der Waals surface area contributed by atoms with Crippen LogP contribution in [0.1, 0.15) is 36.4 Å². The van der Waals surface area contributed by atoms with Crippen LogP contribution in [0.25, 0.3) is 10.9 Å². The Morgan fingerprint density at radius 2 is 2.29 bits per heavy atom. The molecule has 1 saturated heterocycles. The van der Waals surface area contributed by atoms with Crippen molar-refractivity contribution in [3.63, 3.8) is 0 Å². The number of hydrogen-bond donors (Lipinski definition) is 2. The van der Waals surface area contributed by atoms with Gasteiger partial charge in [-0.1, -0.05) is 23.4 Å². The summed E-state index contributed by atoms with van der Waals surface area (Å²) < 4.78 is 10.7. The second-order valence-electron chi connectivity index (χ2n) is 5.72. The first-order valence-electron chi connectivity index (χ1n) is 7.92. The Bertz CT molecular complexity index is 850.